The lowest BCUT2D eigenvalue weighted by molar-refractivity contribution is 0.0327. The fourth-order valence-corrected chi connectivity index (χ4v) is 5.81. The summed E-state index contributed by atoms with van der Waals surface area (Å²) in [6, 6.07) is 10.2. The summed E-state index contributed by atoms with van der Waals surface area (Å²) in [4.78, 5) is 16.3. The third kappa shape index (κ3) is 6.63. The zero-order chi connectivity index (χ0) is 23.9. The van der Waals surface area contributed by atoms with Crippen molar-refractivity contribution in [3.8, 4) is 5.69 Å². The number of para-hydroxylation sites is 1. The fraction of sp³-hybridized carbons (Fsp3) is 0.667. The van der Waals surface area contributed by atoms with E-state index in [4.69, 9.17) is 4.74 Å². The van der Waals surface area contributed by atoms with Crippen LogP contribution in [0, 0.1) is 17.8 Å². The third-order valence-corrected chi connectivity index (χ3v) is 7.42. The first-order chi connectivity index (χ1) is 16.6. The number of fused-ring (bicyclic) bond motifs is 1. The molecule has 4 rings (SSSR count). The molecule has 1 aliphatic heterocycles. The minimum atomic E-state index is 0. The van der Waals surface area contributed by atoms with E-state index in [1.807, 2.05) is 35.0 Å². The van der Waals surface area contributed by atoms with Crippen molar-refractivity contribution in [2.24, 2.45) is 17.8 Å². The summed E-state index contributed by atoms with van der Waals surface area (Å²) in [6.07, 6.45) is 7.69. The lowest BCUT2D eigenvalue weighted by Gasteiger charge is -2.46. The minimum Gasteiger partial charge on any atom is -0.385 e. The number of piperidine rings is 1. The Morgan fingerprint density at radius 1 is 1.17 bits per heavy atom. The largest absolute Gasteiger partial charge is 0.385 e. The van der Waals surface area contributed by atoms with E-state index in [0.717, 1.165) is 50.3 Å². The maximum atomic E-state index is 14.2. The van der Waals surface area contributed by atoms with Gasteiger partial charge in [0.1, 0.15) is 0 Å². The molecule has 8 heteroatoms. The number of hydrogen-bond acceptors (Lipinski definition) is 5. The van der Waals surface area contributed by atoms with Crippen molar-refractivity contribution in [1.82, 2.24) is 25.2 Å². The molecule has 1 saturated carbocycles. The number of unbranched alkanes of at least 4 members (excludes halogenated alkanes) is 1. The number of halogens is 1. The predicted octanol–water partition coefficient (Wildman–Crippen LogP) is 4.53. The Balaban J connectivity index is 0.00000342. The molecule has 1 aromatic heterocycles. The highest BCUT2D eigenvalue weighted by atomic mass is 35.5. The van der Waals surface area contributed by atoms with Gasteiger partial charge < -0.3 is 15.0 Å². The van der Waals surface area contributed by atoms with Crippen molar-refractivity contribution in [2.45, 2.75) is 64.8 Å². The average molecular weight is 504 g/mol. The molecule has 1 aromatic carbocycles. The highest BCUT2D eigenvalue weighted by molar-refractivity contribution is 5.93. The summed E-state index contributed by atoms with van der Waals surface area (Å²) in [7, 11) is 1.73. The summed E-state index contributed by atoms with van der Waals surface area (Å²) in [5.41, 5.74) is 2.36. The molecule has 2 aliphatic rings. The normalized spacial score (nSPS) is 21.9. The second-order valence-corrected chi connectivity index (χ2v) is 10.4. The molecule has 1 aliphatic carbocycles. The van der Waals surface area contributed by atoms with E-state index in [-0.39, 0.29) is 24.4 Å². The number of benzene rings is 1. The van der Waals surface area contributed by atoms with Crippen molar-refractivity contribution >= 4 is 18.3 Å². The summed E-state index contributed by atoms with van der Waals surface area (Å²) in [5, 5.41) is 12.6. The zero-order valence-corrected chi connectivity index (χ0v) is 22.3. The van der Waals surface area contributed by atoms with E-state index >= 15 is 0 Å². The van der Waals surface area contributed by atoms with Gasteiger partial charge in [-0.25, -0.2) is 4.68 Å². The van der Waals surface area contributed by atoms with Crippen molar-refractivity contribution in [3.05, 3.63) is 41.7 Å². The predicted molar refractivity (Wildman–Crippen MR) is 141 cm³/mol. The molecule has 2 aromatic rings. The Hall–Kier alpha value is -1.96. The second kappa shape index (κ2) is 13.4. The van der Waals surface area contributed by atoms with Crippen LogP contribution in [0.4, 0.5) is 0 Å². The van der Waals surface area contributed by atoms with E-state index in [9.17, 15) is 4.79 Å². The van der Waals surface area contributed by atoms with Crippen LogP contribution in [0.5, 0.6) is 0 Å². The van der Waals surface area contributed by atoms with Crippen LogP contribution in [0.1, 0.15) is 68.6 Å². The van der Waals surface area contributed by atoms with Crippen LogP contribution in [0.25, 0.3) is 5.69 Å². The Labute approximate surface area is 216 Å². The Bertz CT molecular complexity index is 918. The molecular formula is C27H42ClN5O2. The number of nitrogens with one attached hydrogen (secondary N) is 1. The number of amides is 1. The zero-order valence-electron chi connectivity index (χ0n) is 21.5. The lowest BCUT2D eigenvalue weighted by Crippen LogP contribution is -2.58. The number of nitrogens with zero attached hydrogens (tertiary/aromatic N) is 4. The van der Waals surface area contributed by atoms with E-state index in [1.54, 1.807) is 7.11 Å². The van der Waals surface area contributed by atoms with E-state index in [0.29, 0.717) is 30.1 Å². The van der Waals surface area contributed by atoms with Gasteiger partial charge in [-0.05, 0) is 68.5 Å². The number of carbonyl (C=O) groups excluding carboxylic acids is 1. The quantitative estimate of drug-likeness (QED) is 0.482. The van der Waals surface area contributed by atoms with Gasteiger partial charge in [0.05, 0.1) is 11.4 Å². The van der Waals surface area contributed by atoms with E-state index < -0.39 is 0 Å². The van der Waals surface area contributed by atoms with Crippen molar-refractivity contribution in [3.63, 3.8) is 0 Å². The molecule has 35 heavy (non-hydrogen) atoms. The molecule has 0 radical (unpaired) electrons. The van der Waals surface area contributed by atoms with Crippen LogP contribution in [-0.4, -0.2) is 65.2 Å². The molecule has 1 saturated heterocycles. The van der Waals surface area contributed by atoms with Crippen LogP contribution in [0.15, 0.2) is 30.3 Å². The minimum absolute atomic E-state index is 0. The number of carbonyl (C=O) groups is 1. The van der Waals surface area contributed by atoms with Gasteiger partial charge in [0.15, 0.2) is 5.69 Å². The van der Waals surface area contributed by atoms with E-state index in [2.05, 4.69) is 34.4 Å². The van der Waals surface area contributed by atoms with Gasteiger partial charge in [-0.1, -0.05) is 50.1 Å². The number of rotatable bonds is 10. The molecule has 3 atom stereocenters. The average Bonchev–Trinajstić information content (AvgIpc) is 3.29. The van der Waals surface area contributed by atoms with Crippen LogP contribution in [-0.2, 0) is 11.2 Å². The van der Waals surface area contributed by atoms with Gasteiger partial charge in [0, 0.05) is 32.8 Å². The van der Waals surface area contributed by atoms with Gasteiger partial charge >= 0.3 is 0 Å². The number of methoxy groups -OCH3 is 1. The molecule has 1 amide bonds. The highest BCUT2D eigenvalue weighted by Gasteiger charge is 2.41. The number of ether oxygens (including phenoxy) is 1. The van der Waals surface area contributed by atoms with Crippen LogP contribution >= 0.6 is 12.4 Å². The summed E-state index contributed by atoms with van der Waals surface area (Å²) in [5.74, 6) is 1.67. The maximum absolute atomic E-state index is 14.2. The van der Waals surface area contributed by atoms with Crippen molar-refractivity contribution in [1.29, 1.82) is 0 Å². The number of aromatic nitrogens is 3. The molecule has 194 valence electrons. The van der Waals surface area contributed by atoms with E-state index in [1.165, 1.54) is 25.7 Å². The summed E-state index contributed by atoms with van der Waals surface area (Å²) in [6.45, 7) is 7.81. The molecule has 7 nitrogen and oxygen atoms in total. The van der Waals surface area contributed by atoms with Crippen molar-refractivity contribution in [2.75, 3.05) is 33.4 Å². The second-order valence-electron chi connectivity index (χ2n) is 10.4. The van der Waals surface area contributed by atoms with Crippen LogP contribution < -0.4 is 5.32 Å². The first-order valence-corrected chi connectivity index (χ1v) is 13.1. The maximum Gasteiger partial charge on any atom is 0.276 e. The lowest BCUT2D eigenvalue weighted by atomic mass is 9.72. The first kappa shape index (κ1) is 27.6. The molecular weight excluding hydrogens is 462 g/mol. The molecule has 2 unspecified atom stereocenters. The Morgan fingerprint density at radius 2 is 1.94 bits per heavy atom. The molecule has 2 heterocycles. The monoisotopic (exact) mass is 503 g/mol. The van der Waals surface area contributed by atoms with Crippen molar-refractivity contribution < 1.29 is 9.53 Å². The topological polar surface area (TPSA) is 72.3 Å². The molecule has 2 fully saturated rings. The summed E-state index contributed by atoms with van der Waals surface area (Å²) >= 11 is 0. The van der Waals surface area contributed by atoms with Gasteiger partial charge in [-0.2, -0.15) is 0 Å². The van der Waals surface area contributed by atoms with Crippen LogP contribution in [0.2, 0.25) is 0 Å². The van der Waals surface area contributed by atoms with Gasteiger partial charge in [-0.15, -0.1) is 17.5 Å². The standard InChI is InChI=1S/C27H41N5O2.ClH/c1-20(2)19-31(25-18-28-17-21-11-7-8-14-23(21)25)27(33)26-24(15-9-10-16-34-3)32(30-29-26)22-12-5-4-6-13-22;/h4-6,12-13,20-21,23,25,28H,7-11,14-19H2,1-3H3;1H/t21?,23?,25-;/m1./s1. The molecule has 0 spiro atoms. The Morgan fingerprint density at radius 3 is 2.69 bits per heavy atom. The van der Waals surface area contributed by atoms with Gasteiger partial charge in [0.25, 0.3) is 5.91 Å². The summed E-state index contributed by atoms with van der Waals surface area (Å²) < 4.78 is 7.10. The SMILES string of the molecule is COCCCCc1c(C(=O)N(CC(C)C)[C@@H]2CNCC3CCCCC32)nnn1-c1ccccc1.Cl. The Kier molecular flexibility index (Phi) is 10.6. The molecule has 0 bridgehead atoms. The molecule has 1 N–H and O–H groups in total. The van der Waals surface area contributed by atoms with Gasteiger partial charge in [0.2, 0.25) is 0 Å². The smallest absolute Gasteiger partial charge is 0.276 e. The van der Waals surface area contributed by atoms with Crippen LogP contribution in [0.3, 0.4) is 0 Å². The fourth-order valence-electron chi connectivity index (χ4n) is 5.81. The third-order valence-electron chi connectivity index (χ3n) is 7.42. The number of hydrogen-bond donors (Lipinski definition) is 1. The highest BCUT2D eigenvalue weighted by Crippen LogP contribution is 2.37. The van der Waals surface area contributed by atoms with Gasteiger partial charge in [-0.3, -0.25) is 4.79 Å². The first-order valence-electron chi connectivity index (χ1n) is 13.1.